The molecule has 0 fully saturated rings. The Morgan fingerprint density at radius 2 is 1.89 bits per heavy atom. The molecule has 0 rings (SSSR count). The van der Waals surface area contributed by atoms with Gasteiger partial charge in [-0.25, -0.2) is 0 Å². The number of rotatable bonds is 2. The smallest absolute Gasteiger partial charge is 0.0921 e. The maximum absolute atomic E-state index is 8.81. The van der Waals surface area contributed by atoms with E-state index < -0.39 is 0 Å². The van der Waals surface area contributed by atoms with Gasteiger partial charge in [0.25, 0.3) is 0 Å². The SMILES string of the molecule is CC/C(O)=C\C=C(/C)O. The molecule has 0 heterocycles. The Kier molecular flexibility index (Phi) is 3.60. The quantitative estimate of drug-likeness (QED) is 0.442. The first-order chi connectivity index (χ1) is 4.16. The monoisotopic (exact) mass is 128 g/mol. The van der Waals surface area contributed by atoms with Crippen LogP contribution in [0.2, 0.25) is 0 Å². The predicted molar refractivity (Wildman–Crippen MR) is 37.4 cm³/mol. The van der Waals surface area contributed by atoms with E-state index in [9.17, 15) is 0 Å². The number of hydrogen-bond acceptors (Lipinski definition) is 2. The average Bonchev–Trinajstić information content (AvgIpc) is 1.83. The Morgan fingerprint density at radius 1 is 1.33 bits per heavy atom. The standard InChI is InChI=1S/C7H12O2/c1-3-7(9)5-4-6(2)8/h4-5,8-9H,3H2,1-2H3/b6-4+,7-5+. The highest BCUT2D eigenvalue weighted by atomic mass is 16.3. The molecular formula is C7H12O2. The Hall–Kier alpha value is -0.920. The van der Waals surface area contributed by atoms with Gasteiger partial charge in [-0.1, -0.05) is 6.92 Å². The van der Waals surface area contributed by atoms with Crippen LogP contribution in [0, 0.1) is 0 Å². The molecule has 0 aromatic heterocycles. The topological polar surface area (TPSA) is 40.5 Å². The van der Waals surface area contributed by atoms with Crippen LogP contribution in [0.15, 0.2) is 23.7 Å². The van der Waals surface area contributed by atoms with Gasteiger partial charge in [0.05, 0.1) is 11.5 Å². The van der Waals surface area contributed by atoms with Gasteiger partial charge in [-0.15, -0.1) is 0 Å². The molecular weight excluding hydrogens is 116 g/mol. The molecule has 2 heteroatoms. The van der Waals surface area contributed by atoms with Crippen molar-refractivity contribution >= 4 is 0 Å². The summed E-state index contributed by atoms with van der Waals surface area (Å²) in [5.41, 5.74) is 0. The summed E-state index contributed by atoms with van der Waals surface area (Å²) < 4.78 is 0. The van der Waals surface area contributed by atoms with Crippen LogP contribution in [-0.4, -0.2) is 10.2 Å². The molecule has 0 unspecified atom stereocenters. The highest BCUT2D eigenvalue weighted by Crippen LogP contribution is 1.95. The van der Waals surface area contributed by atoms with Crippen LogP contribution >= 0.6 is 0 Å². The van der Waals surface area contributed by atoms with Crippen molar-refractivity contribution in [2.75, 3.05) is 0 Å². The molecule has 0 bridgehead atoms. The summed E-state index contributed by atoms with van der Waals surface area (Å²) in [6, 6.07) is 0. The van der Waals surface area contributed by atoms with Crippen molar-refractivity contribution in [3.8, 4) is 0 Å². The van der Waals surface area contributed by atoms with Gasteiger partial charge in [0.1, 0.15) is 0 Å². The summed E-state index contributed by atoms with van der Waals surface area (Å²) in [7, 11) is 0. The Morgan fingerprint density at radius 3 is 2.22 bits per heavy atom. The van der Waals surface area contributed by atoms with E-state index in [0.717, 1.165) is 0 Å². The van der Waals surface area contributed by atoms with Crippen molar-refractivity contribution in [1.29, 1.82) is 0 Å². The highest BCUT2D eigenvalue weighted by molar-refractivity contribution is 5.07. The fourth-order valence-electron chi connectivity index (χ4n) is 0.335. The lowest BCUT2D eigenvalue weighted by Crippen LogP contribution is -1.74. The Balaban J connectivity index is 3.83. The Bertz CT molecular complexity index is 130. The van der Waals surface area contributed by atoms with Crippen LogP contribution in [0.25, 0.3) is 0 Å². The fourth-order valence-corrected chi connectivity index (χ4v) is 0.335. The van der Waals surface area contributed by atoms with Crippen LogP contribution in [0.1, 0.15) is 20.3 Å². The Labute approximate surface area is 55.1 Å². The van der Waals surface area contributed by atoms with E-state index in [1.54, 1.807) is 6.92 Å². The normalized spacial score (nSPS) is 14.0. The summed E-state index contributed by atoms with van der Waals surface area (Å²) in [5, 5.41) is 17.4. The van der Waals surface area contributed by atoms with Gasteiger partial charge in [0.2, 0.25) is 0 Å². The summed E-state index contributed by atoms with van der Waals surface area (Å²) in [6.07, 6.45) is 3.54. The average molecular weight is 128 g/mol. The van der Waals surface area contributed by atoms with Crippen molar-refractivity contribution < 1.29 is 10.2 Å². The second-order valence-corrected chi connectivity index (χ2v) is 1.82. The zero-order valence-electron chi connectivity index (χ0n) is 5.76. The molecule has 0 aliphatic carbocycles. The van der Waals surface area contributed by atoms with E-state index in [-0.39, 0.29) is 11.5 Å². The molecule has 0 aromatic carbocycles. The van der Waals surface area contributed by atoms with Gasteiger partial charge in [-0.3, -0.25) is 0 Å². The van der Waals surface area contributed by atoms with Crippen molar-refractivity contribution in [3.05, 3.63) is 23.7 Å². The third-order valence-electron chi connectivity index (χ3n) is 0.879. The lowest BCUT2D eigenvalue weighted by Gasteiger charge is -1.88. The molecule has 2 nitrogen and oxygen atoms in total. The third kappa shape index (κ3) is 4.94. The van der Waals surface area contributed by atoms with E-state index >= 15 is 0 Å². The minimum Gasteiger partial charge on any atom is -0.513 e. The molecule has 2 N–H and O–H groups in total. The molecule has 0 radical (unpaired) electrons. The number of aliphatic hydroxyl groups excluding tert-OH is 2. The minimum absolute atomic E-state index is 0.204. The summed E-state index contributed by atoms with van der Waals surface area (Å²) in [5.74, 6) is 0.485. The molecule has 9 heavy (non-hydrogen) atoms. The maximum atomic E-state index is 8.81. The zero-order chi connectivity index (χ0) is 7.28. The second-order valence-electron chi connectivity index (χ2n) is 1.82. The van der Waals surface area contributed by atoms with Crippen molar-refractivity contribution in [2.45, 2.75) is 20.3 Å². The van der Waals surface area contributed by atoms with E-state index in [1.807, 2.05) is 6.92 Å². The fraction of sp³-hybridized carbons (Fsp3) is 0.429. The number of hydrogen-bond donors (Lipinski definition) is 2. The first-order valence-electron chi connectivity index (χ1n) is 2.92. The van der Waals surface area contributed by atoms with Gasteiger partial charge in [-0.2, -0.15) is 0 Å². The number of aliphatic hydroxyl groups is 2. The van der Waals surface area contributed by atoms with Gasteiger partial charge >= 0.3 is 0 Å². The predicted octanol–water partition coefficient (Wildman–Crippen LogP) is 2.30. The molecule has 0 spiro atoms. The third-order valence-corrected chi connectivity index (χ3v) is 0.879. The summed E-state index contributed by atoms with van der Waals surface area (Å²) in [4.78, 5) is 0. The largest absolute Gasteiger partial charge is 0.513 e. The lowest BCUT2D eigenvalue weighted by molar-refractivity contribution is 0.391. The van der Waals surface area contributed by atoms with Crippen LogP contribution < -0.4 is 0 Å². The maximum Gasteiger partial charge on any atom is 0.0921 e. The molecule has 0 saturated heterocycles. The van der Waals surface area contributed by atoms with E-state index in [0.29, 0.717) is 6.42 Å². The highest BCUT2D eigenvalue weighted by Gasteiger charge is 1.82. The second kappa shape index (κ2) is 4.01. The van der Waals surface area contributed by atoms with E-state index in [2.05, 4.69) is 0 Å². The van der Waals surface area contributed by atoms with Gasteiger partial charge < -0.3 is 10.2 Å². The first kappa shape index (κ1) is 8.08. The van der Waals surface area contributed by atoms with E-state index in [4.69, 9.17) is 10.2 Å². The molecule has 0 saturated carbocycles. The lowest BCUT2D eigenvalue weighted by atomic mass is 10.3. The molecule has 0 amide bonds. The van der Waals surface area contributed by atoms with Crippen LogP contribution in [0.3, 0.4) is 0 Å². The van der Waals surface area contributed by atoms with Crippen molar-refractivity contribution in [1.82, 2.24) is 0 Å². The summed E-state index contributed by atoms with van der Waals surface area (Å²) in [6.45, 7) is 3.39. The number of allylic oxidation sites excluding steroid dienone is 4. The molecule has 0 aromatic rings. The van der Waals surface area contributed by atoms with Crippen LogP contribution in [-0.2, 0) is 0 Å². The minimum atomic E-state index is 0.204. The van der Waals surface area contributed by atoms with Crippen LogP contribution in [0.4, 0.5) is 0 Å². The molecule has 0 aliphatic heterocycles. The van der Waals surface area contributed by atoms with Gasteiger partial charge in [-0.05, 0) is 19.1 Å². The van der Waals surface area contributed by atoms with Gasteiger partial charge in [0.15, 0.2) is 0 Å². The van der Waals surface area contributed by atoms with E-state index in [1.165, 1.54) is 12.2 Å². The van der Waals surface area contributed by atoms with Gasteiger partial charge in [0, 0.05) is 6.42 Å². The van der Waals surface area contributed by atoms with Crippen LogP contribution in [0.5, 0.6) is 0 Å². The first-order valence-corrected chi connectivity index (χ1v) is 2.92. The molecule has 0 aliphatic rings. The van der Waals surface area contributed by atoms with Crippen molar-refractivity contribution in [2.24, 2.45) is 0 Å². The molecule has 0 atom stereocenters. The zero-order valence-corrected chi connectivity index (χ0v) is 5.76. The molecule has 52 valence electrons. The van der Waals surface area contributed by atoms with Crippen molar-refractivity contribution in [3.63, 3.8) is 0 Å². The summed E-state index contributed by atoms with van der Waals surface area (Å²) >= 11 is 0.